The molecule has 80 valence electrons. The number of anilines is 1. The molecule has 0 saturated carbocycles. The van der Waals surface area contributed by atoms with Gasteiger partial charge in [0, 0.05) is 0 Å². The fourth-order valence-corrected chi connectivity index (χ4v) is 1.52. The van der Waals surface area contributed by atoms with Gasteiger partial charge in [0.1, 0.15) is 5.52 Å². The third-order valence-corrected chi connectivity index (χ3v) is 2.34. The third-order valence-electron chi connectivity index (χ3n) is 2.34. The Kier molecular flexibility index (Phi) is 2.53. The predicted octanol–water partition coefficient (Wildman–Crippen LogP) is 1.52. The van der Waals surface area contributed by atoms with Gasteiger partial charge >= 0.3 is 0 Å². The number of nitrogens with zero attached hydrogens (tertiary/aromatic N) is 3. The van der Waals surface area contributed by atoms with Gasteiger partial charge in [-0.05, 0) is 18.8 Å². The van der Waals surface area contributed by atoms with Gasteiger partial charge in [-0.1, -0.05) is 13.8 Å². The van der Waals surface area contributed by atoms with Crippen molar-refractivity contribution in [3.63, 3.8) is 0 Å². The molecule has 0 aliphatic carbocycles. The fraction of sp³-hybridized carbons (Fsp3) is 0.500. The van der Waals surface area contributed by atoms with Crippen LogP contribution >= 0.6 is 0 Å². The number of aromatic nitrogens is 4. The van der Waals surface area contributed by atoms with Crippen molar-refractivity contribution >= 4 is 17.1 Å². The molecule has 2 aromatic rings. The molecule has 2 heterocycles. The van der Waals surface area contributed by atoms with Crippen molar-refractivity contribution in [1.29, 1.82) is 0 Å². The first-order valence-electron chi connectivity index (χ1n) is 5.12. The summed E-state index contributed by atoms with van der Waals surface area (Å²) in [7, 11) is 0. The molecule has 0 spiro atoms. The second-order valence-corrected chi connectivity index (χ2v) is 4.06. The number of rotatable bonds is 3. The number of hydrogen-bond donors (Lipinski definition) is 2. The van der Waals surface area contributed by atoms with Crippen LogP contribution in [-0.2, 0) is 6.42 Å². The lowest BCUT2D eigenvalue weighted by Crippen LogP contribution is -2.02. The molecule has 0 bridgehead atoms. The summed E-state index contributed by atoms with van der Waals surface area (Å²) in [6.07, 6.45) is 3.62. The van der Waals surface area contributed by atoms with E-state index >= 15 is 0 Å². The van der Waals surface area contributed by atoms with Crippen molar-refractivity contribution in [3.05, 3.63) is 12.0 Å². The quantitative estimate of drug-likeness (QED) is 0.796. The summed E-state index contributed by atoms with van der Waals surface area (Å²) in [6, 6.07) is 0. The summed E-state index contributed by atoms with van der Waals surface area (Å²) in [6.45, 7) is 4.38. The number of fused-ring (bicyclic) bond motifs is 1. The van der Waals surface area contributed by atoms with E-state index < -0.39 is 0 Å². The van der Waals surface area contributed by atoms with E-state index in [9.17, 15) is 0 Å². The molecule has 5 nitrogen and oxygen atoms in total. The SMILES string of the molecule is CC(C)CCc1nc(N)nc2nc[nH]c12. The van der Waals surface area contributed by atoms with E-state index in [0.29, 0.717) is 17.5 Å². The van der Waals surface area contributed by atoms with E-state index in [1.807, 2.05) is 0 Å². The van der Waals surface area contributed by atoms with Crippen molar-refractivity contribution in [2.24, 2.45) is 5.92 Å². The molecule has 0 radical (unpaired) electrons. The van der Waals surface area contributed by atoms with Crippen LogP contribution in [0, 0.1) is 5.92 Å². The smallest absolute Gasteiger partial charge is 0.222 e. The molecule has 0 atom stereocenters. The summed E-state index contributed by atoms with van der Waals surface area (Å²) in [5, 5.41) is 0. The Morgan fingerprint density at radius 3 is 2.93 bits per heavy atom. The molecular formula is C10H15N5. The molecule has 0 aliphatic rings. The molecular weight excluding hydrogens is 190 g/mol. The van der Waals surface area contributed by atoms with E-state index in [1.54, 1.807) is 6.33 Å². The highest BCUT2D eigenvalue weighted by Gasteiger charge is 2.08. The van der Waals surface area contributed by atoms with Gasteiger partial charge < -0.3 is 10.7 Å². The van der Waals surface area contributed by atoms with E-state index in [0.717, 1.165) is 24.1 Å². The molecule has 5 heteroatoms. The van der Waals surface area contributed by atoms with Crippen LogP contribution in [0.4, 0.5) is 5.95 Å². The Hall–Kier alpha value is -1.65. The number of nitrogen functional groups attached to an aromatic ring is 1. The zero-order valence-electron chi connectivity index (χ0n) is 8.99. The van der Waals surface area contributed by atoms with Crippen LogP contribution in [0.2, 0.25) is 0 Å². The molecule has 0 unspecified atom stereocenters. The van der Waals surface area contributed by atoms with Gasteiger partial charge in [-0.3, -0.25) is 0 Å². The Labute approximate surface area is 88.1 Å². The van der Waals surface area contributed by atoms with Crippen molar-refractivity contribution in [3.8, 4) is 0 Å². The first-order valence-corrected chi connectivity index (χ1v) is 5.12. The summed E-state index contributed by atoms with van der Waals surface area (Å²) in [5.74, 6) is 0.951. The van der Waals surface area contributed by atoms with Crippen LogP contribution in [0.5, 0.6) is 0 Å². The van der Waals surface area contributed by atoms with Crippen LogP contribution in [0.3, 0.4) is 0 Å². The first-order chi connectivity index (χ1) is 7.16. The van der Waals surface area contributed by atoms with E-state index in [2.05, 4.69) is 33.8 Å². The number of H-pyrrole nitrogens is 1. The summed E-state index contributed by atoms with van der Waals surface area (Å²) < 4.78 is 0. The normalized spacial score (nSPS) is 11.4. The van der Waals surface area contributed by atoms with Gasteiger partial charge in [0.25, 0.3) is 0 Å². The highest BCUT2D eigenvalue weighted by atomic mass is 15.1. The Morgan fingerprint density at radius 2 is 2.20 bits per heavy atom. The first kappa shape index (κ1) is 9.89. The number of aryl methyl sites for hydroxylation is 1. The minimum Gasteiger partial charge on any atom is -0.368 e. The van der Waals surface area contributed by atoms with Crippen LogP contribution in [0.25, 0.3) is 11.2 Å². The zero-order valence-corrected chi connectivity index (χ0v) is 8.99. The molecule has 3 N–H and O–H groups in total. The van der Waals surface area contributed by atoms with Gasteiger partial charge in [-0.2, -0.15) is 4.98 Å². The molecule has 0 saturated heterocycles. The minimum absolute atomic E-state index is 0.299. The maximum atomic E-state index is 5.61. The summed E-state index contributed by atoms with van der Waals surface area (Å²) in [5.41, 5.74) is 8.14. The van der Waals surface area contributed by atoms with E-state index in [1.165, 1.54) is 0 Å². The maximum absolute atomic E-state index is 5.61. The molecule has 0 fully saturated rings. The zero-order chi connectivity index (χ0) is 10.8. The van der Waals surface area contributed by atoms with Crippen LogP contribution in [0.1, 0.15) is 26.0 Å². The van der Waals surface area contributed by atoms with Crippen molar-refractivity contribution < 1.29 is 0 Å². The molecule has 0 aromatic carbocycles. The second kappa shape index (κ2) is 3.84. The highest BCUT2D eigenvalue weighted by Crippen LogP contribution is 2.15. The monoisotopic (exact) mass is 205 g/mol. The highest BCUT2D eigenvalue weighted by molar-refractivity contribution is 5.73. The van der Waals surface area contributed by atoms with Gasteiger partial charge in [-0.15, -0.1) is 0 Å². The maximum Gasteiger partial charge on any atom is 0.222 e. The lowest BCUT2D eigenvalue weighted by Gasteiger charge is -2.05. The molecule has 15 heavy (non-hydrogen) atoms. The number of aromatic amines is 1. The van der Waals surface area contributed by atoms with E-state index in [-0.39, 0.29) is 0 Å². The average molecular weight is 205 g/mol. The van der Waals surface area contributed by atoms with Crippen molar-refractivity contribution in [1.82, 2.24) is 19.9 Å². The Bertz CT molecular complexity index is 460. The Morgan fingerprint density at radius 1 is 1.40 bits per heavy atom. The number of nitrogens with one attached hydrogen (secondary N) is 1. The number of hydrogen-bond acceptors (Lipinski definition) is 4. The van der Waals surface area contributed by atoms with Crippen LogP contribution < -0.4 is 5.73 Å². The minimum atomic E-state index is 0.299. The Balaban J connectivity index is 2.35. The second-order valence-electron chi connectivity index (χ2n) is 4.06. The lowest BCUT2D eigenvalue weighted by molar-refractivity contribution is 0.583. The van der Waals surface area contributed by atoms with Crippen LogP contribution in [-0.4, -0.2) is 19.9 Å². The third kappa shape index (κ3) is 2.06. The number of nitrogens with two attached hydrogens (primary N) is 1. The van der Waals surface area contributed by atoms with Crippen molar-refractivity contribution in [2.45, 2.75) is 26.7 Å². The van der Waals surface area contributed by atoms with Gasteiger partial charge in [0.15, 0.2) is 5.65 Å². The average Bonchev–Trinajstić information content (AvgIpc) is 2.61. The molecule has 0 amide bonds. The molecule has 2 aromatic heterocycles. The number of imidazole rings is 1. The predicted molar refractivity (Wildman–Crippen MR) is 59.3 cm³/mol. The standard InChI is InChI=1S/C10H15N5/c1-6(2)3-4-7-8-9(13-5-12-8)15-10(11)14-7/h5-6H,3-4H2,1-2H3,(H3,11,12,13,14,15). The summed E-state index contributed by atoms with van der Waals surface area (Å²) >= 11 is 0. The fourth-order valence-electron chi connectivity index (χ4n) is 1.52. The largest absolute Gasteiger partial charge is 0.368 e. The topological polar surface area (TPSA) is 80.5 Å². The van der Waals surface area contributed by atoms with Gasteiger partial charge in [0.05, 0.1) is 12.0 Å². The molecule has 2 rings (SSSR count). The van der Waals surface area contributed by atoms with E-state index in [4.69, 9.17) is 5.73 Å². The van der Waals surface area contributed by atoms with Crippen molar-refractivity contribution in [2.75, 3.05) is 5.73 Å². The van der Waals surface area contributed by atoms with Gasteiger partial charge in [-0.25, -0.2) is 9.97 Å². The molecule has 0 aliphatic heterocycles. The summed E-state index contributed by atoms with van der Waals surface area (Å²) in [4.78, 5) is 15.4. The van der Waals surface area contributed by atoms with Crippen LogP contribution in [0.15, 0.2) is 6.33 Å². The lowest BCUT2D eigenvalue weighted by atomic mass is 10.1. The van der Waals surface area contributed by atoms with Gasteiger partial charge in [0.2, 0.25) is 5.95 Å².